The number of hydrogen-bond acceptors (Lipinski definition) is 2. The molecule has 0 fully saturated rings. The molecule has 15 heavy (non-hydrogen) atoms. The van der Waals surface area contributed by atoms with E-state index in [1.165, 1.54) is 5.56 Å². The molecule has 3 nitrogen and oxygen atoms in total. The maximum atomic E-state index is 5.21. The molecule has 0 saturated heterocycles. The fourth-order valence-corrected chi connectivity index (χ4v) is 1.10. The molecule has 78 valence electrons. The molecule has 0 atom stereocenters. The lowest BCUT2D eigenvalue weighted by atomic mass is 10.1. The molecule has 0 bridgehead atoms. The van der Waals surface area contributed by atoms with E-state index in [0.717, 1.165) is 5.57 Å². The first-order chi connectivity index (χ1) is 7.20. The number of hydrazone groups is 1. The largest absolute Gasteiger partial charge is 0.375 e. The molecule has 1 rings (SSSR count). The average molecular weight is 219 g/mol. The Labute approximate surface area is 94.7 Å². The van der Waals surface area contributed by atoms with Crippen LogP contribution in [0.15, 0.2) is 41.5 Å². The summed E-state index contributed by atoms with van der Waals surface area (Å²) in [7, 11) is 0. The van der Waals surface area contributed by atoms with Crippen molar-refractivity contribution in [3.05, 3.63) is 42.0 Å². The van der Waals surface area contributed by atoms with Crippen LogP contribution in [0.3, 0.4) is 0 Å². The highest BCUT2D eigenvalue weighted by Crippen LogP contribution is 2.11. The maximum Gasteiger partial charge on any atom is 0.184 e. The lowest BCUT2D eigenvalue weighted by molar-refractivity contribution is 1.04. The van der Waals surface area contributed by atoms with Crippen LogP contribution in [0.25, 0.3) is 5.57 Å². The number of nitrogens with one attached hydrogen (secondary N) is 1. The van der Waals surface area contributed by atoms with Gasteiger partial charge in [0, 0.05) is 6.21 Å². The highest BCUT2D eigenvalue weighted by atomic mass is 32.1. The van der Waals surface area contributed by atoms with E-state index in [1.807, 2.05) is 43.3 Å². The maximum absolute atomic E-state index is 5.21. The van der Waals surface area contributed by atoms with Gasteiger partial charge in [0.1, 0.15) is 0 Å². The topological polar surface area (TPSA) is 50.4 Å². The molecule has 0 aliphatic carbocycles. The Morgan fingerprint density at radius 2 is 2.07 bits per heavy atom. The van der Waals surface area contributed by atoms with Gasteiger partial charge in [0.25, 0.3) is 0 Å². The number of nitrogens with two attached hydrogens (primary N) is 1. The lowest BCUT2D eigenvalue weighted by Gasteiger charge is -1.98. The van der Waals surface area contributed by atoms with Gasteiger partial charge < -0.3 is 5.73 Å². The molecule has 0 heterocycles. The predicted molar refractivity (Wildman–Crippen MR) is 68.5 cm³/mol. The Morgan fingerprint density at radius 1 is 1.40 bits per heavy atom. The zero-order valence-corrected chi connectivity index (χ0v) is 9.29. The minimum atomic E-state index is 0.164. The van der Waals surface area contributed by atoms with E-state index in [9.17, 15) is 0 Å². The lowest BCUT2D eigenvalue weighted by Crippen LogP contribution is -2.23. The van der Waals surface area contributed by atoms with Crippen molar-refractivity contribution in [2.45, 2.75) is 6.92 Å². The van der Waals surface area contributed by atoms with Crippen molar-refractivity contribution in [3.8, 4) is 0 Å². The van der Waals surface area contributed by atoms with Gasteiger partial charge >= 0.3 is 0 Å². The third-order valence-electron chi connectivity index (χ3n) is 1.80. The summed E-state index contributed by atoms with van der Waals surface area (Å²) in [5.41, 5.74) is 9.99. The van der Waals surface area contributed by atoms with Crippen LogP contribution in [0.1, 0.15) is 12.5 Å². The standard InChI is InChI=1S/C11H13N3S/c1-9(7-8-13-14-11(12)15)10-5-3-2-4-6-10/h2-8H,1H3,(H3,12,14,15). The molecular formula is C11H13N3S. The summed E-state index contributed by atoms with van der Waals surface area (Å²) in [4.78, 5) is 0. The Hall–Kier alpha value is -1.68. The molecular weight excluding hydrogens is 206 g/mol. The van der Waals surface area contributed by atoms with Crippen molar-refractivity contribution in [2.75, 3.05) is 0 Å². The van der Waals surface area contributed by atoms with Crippen molar-refractivity contribution >= 4 is 29.1 Å². The van der Waals surface area contributed by atoms with Gasteiger partial charge in [-0.15, -0.1) is 0 Å². The first-order valence-electron chi connectivity index (χ1n) is 4.51. The van der Waals surface area contributed by atoms with Crippen LogP contribution in [0.4, 0.5) is 0 Å². The number of benzene rings is 1. The first kappa shape index (κ1) is 11.4. The quantitative estimate of drug-likeness (QED) is 0.464. The van der Waals surface area contributed by atoms with Gasteiger partial charge in [-0.25, -0.2) is 0 Å². The second-order valence-corrected chi connectivity index (χ2v) is 3.41. The van der Waals surface area contributed by atoms with Crippen LogP contribution in [-0.4, -0.2) is 11.3 Å². The second-order valence-electron chi connectivity index (χ2n) is 2.97. The van der Waals surface area contributed by atoms with Crippen LogP contribution in [-0.2, 0) is 0 Å². The van der Waals surface area contributed by atoms with Gasteiger partial charge in [0.05, 0.1) is 0 Å². The smallest absolute Gasteiger partial charge is 0.184 e. The second kappa shape index (κ2) is 5.93. The number of rotatable bonds is 3. The fourth-order valence-electron chi connectivity index (χ4n) is 1.05. The molecule has 0 aliphatic rings. The number of thiocarbonyl (C=S) groups is 1. The molecule has 4 heteroatoms. The molecule has 0 aromatic heterocycles. The van der Waals surface area contributed by atoms with E-state index in [4.69, 9.17) is 5.73 Å². The summed E-state index contributed by atoms with van der Waals surface area (Å²) < 4.78 is 0. The van der Waals surface area contributed by atoms with Gasteiger partial charge in [0.15, 0.2) is 5.11 Å². The summed E-state index contributed by atoms with van der Waals surface area (Å²) in [5, 5.41) is 3.98. The molecule has 0 radical (unpaired) electrons. The van der Waals surface area contributed by atoms with Gasteiger partial charge in [-0.1, -0.05) is 30.3 Å². The van der Waals surface area contributed by atoms with Gasteiger partial charge in [-0.2, -0.15) is 5.10 Å². The summed E-state index contributed by atoms with van der Waals surface area (Å²) in [6.07, 6.45) is 3.52. The Kier molecular flexibility index (Phi) is 4.50. The molecule has 0 saturated carbocycles. The summed E-state index contributed by atoms with van der Waals surface area (Å²) in [5.74, 6) is 0. The van der Waals surface area contributed by atoms with E-state index in [1.54, 1.807) is 6.21 Å². The minimum Gasteiger partial charge on any atom is -0.375 e. The van der Waals surface area contributed by atoms with Crippen LogP contribution in [0.2, 0.25) is 0 Å². The fraction of sp³-hybridized carbons (Fsp3) is 0.0909. The molecule has 0 amide bonds. The Bertz CT molecular complexity index is 382. The third-order valence-corrected chi connectivity index (χ3v) is 1.89. The summed E-state index contributed by atoms with van der Waals surface area (Å²) in [6.45, 7) is 2.02. The van der Waals surface area contributed by atoms with Gasteiger partial charge in [0.2, 0.25) is 0 Å². The number of nitrogens with zero attached hydrogens (tertiary/aromatic N) is 1. The van der Waals surface area contributed by atoms with Gasteiger partial charge in [-0.3, -0.25) is 5.43 Å². The first-order valence-corrected chi connectivity index (χ1v) is 4.92. The van der Waals surface area contributed by atoms with Crippen LogP contribution in [0, 0.1) is 0 Å². The summed E-state index contributed by atoms with van der Waals surface area (Å²) >= 11 is 4.60. The molecule has 1 aromatic carbocycles. The summed E-state index contributed by atoms with van der Waals surface area (Å²) in [6, 6.07) is 10.1. The Balaban J connectivity index is 2.61. The van der Waals surface area contributed by atoms with Crippen molar-refractivity contribution in [3.63, 3.8) is 0 Å². The number of hydrogen-bond donors (Lipinski definition) is 2. The highest BCUT2D eigenvalue weighted by Gasteiger charge is 1.90. The van der Waals surface area contributed by atoms with E-state index >= 15 is 0 Å². The third kappa shape index (κ3) is 4.37. The average Bonchev–Trinajstić information content (AvgIpc) is 2.25. The van der Waals surface area contributed by atoms with E-state index in [2.05, 4.69) is 22.7 Å². The zero-order valence-electron chi connectivity index (χ0n) is 8.47. The highest BCUT2D eigenvalue weighted by molar-refractivity contribution is 7.80. The normalized spacial score (nSPS) is 11.7. The Morgan fingerprint density at radius 3 is 2.67 bits per heavy atom. The molecule has 3 N–H and O–H groups in total. The van der Waals surface area contributed by atoms with Crippen LogP contribution >= 0.6 is 12.2 Å². The molecule has 0 aliphatic heterocycles. The van der Waals surface area contributed by atoms with Crippen molar-refractivity contribution in [1.82, 2.24) is 5.43 Å². The van der Waals surface area contributed by atoms with Crippen molar-refractivity contribution < 1.29 is 0 Å². The van der Waals surface area contributed by atoms with Crippen molar-refractivity contribution in [1.29, 1.82) is 0 Å². The SMILES string of the molecule is CC(=CC=NNC(N)=S)c1ccccc1. The van der Waals surface area contributed by atoms with E-state index < -0.39 is 0 Å². The van der Waals surface area contributed by atoms with Crippen LogP contribution < -0.4 is 11.2 Å². The monoisotopic (exact) mass is 219 g/mol. The zero-order chi connectivity index (χ0) is 11.1. The predicted octanol–water partition coefficient (Wildman–Crippen LogP) is 1.91. The van der Waals surface area contributed by atoms with Gasteiger partial charge in [-0.05, 0) is 36.4 Å². The minimum absolute atomic E-state index is 0.164. The molecule has 1 aromatic rings. The van der Waals surface area contributed by atoms with E-state index in [0.29, 0.717) is 0 Å². The van der Waals surface area contributed by atoms with Crippen molar-refractivity contribution in [2.24, 2.45) is 10.8 Å². The number of allylic oxidation sites excluding steroid dienone is 2. The molecule has 0 spiro atoms. The van der Waals surface area contributed by atoms with E-state index in [-0.39, 0.29) is 5.11 Å². The van der Waals surface area contributed by atoms with Crippen LogP contribution in [0.5, 0.6) is 0 Å². The molecule has 0 unspecified atom stereocenters.